The minimum Gasteiger partial charge on any atom is -0.397 e. The topological polar surface area (TPSA) is 40.5 Å². The Balaban J connectivity index is 0. The SMILES string of the molecule is CCCC(C)O.CCO. The van der Waals surface area contributed by atoms with Crippen molar-refractivity contribution in [1.82, 2.24) is 0 Å². The van der Waals surface area contributed by atoms with Crippen LogP contribution in [0.1, 0.15) is 33.6 Å². The van der Waals surface area contributed by atoms with E-state index >= 15 is 0 Å². The molecule has 0 bridgehead atoms. The van der Waals surface area contributed by atoms with Crippen LogP contribution in [0, 0.1) is 0 Å². The van der Waals surface area contributed by atoms with Gasteiger partial charge in [0.1, 0.15) is 0 Å². The predicted octanol–water partition coefficient (Wildman–Crippen LogP) is 1.17. The minimum atomic E-state index is -0.102. The van der Waals surface area contributed by atoms with Gasteiger partial charge in [-0.25, -0.2) is 0 Å². The second kappa shape index (κ2) is 10.8. The Morgan fingerprint density at radius 2 is 1.67 bits per heavy atom. The third-order valence-corrected chi connectivity index (χ3v) is 0.706. The van der Waals surface area contributed by atoms with E-state index in [0.717, 1.165) is 12.8 Å². The van der Waals surface area contributed by atoms with Crippen molar-refractivity contribution in [3.05, 3.63) is 0 Å². The van der Waals surface area contributed by atoms with Crippen molar-refractivity contribution in [3.8, 4) is 0 Å². The standard InChI is InChI=1S/C5H12O.C2H6O/c1-3-4-5(2)6;1-2-3/h5-6H,3-4H2,1-2H3;3H,2H2,1H3. The number of aliphatic hydroxyl groups is 2. The Labute approximate surface area is 57.5 Å². The molecule has 1 atom stereocenters. The highest BCUT2D eigenvalue weighted by Gasteiger charge is 1.87. The van der Waals surface area contributed by atoms with Gasteiger partial charge in [0.25, 0.3) is 0 Å². The molecule has 0 aliphatic heterocycles. The number of rotatable bonds is 2. The van der Waals surface area contributed by atoms with E-state index < -0.39 is 0 Å². The average Bonchev–Trinajstić information content (AvgIpc) is 1.67. The van der Waals surface area contributed by atoms with Gasteiger partial charge in [0.05, 0.1) is 6.10 Å². The van der Waals surface area contributed by atoms with Crippen LogP contribution in [0.25, 0.3) is 0 Å². The normalized spacial score (nSPS) is 11.7. The minimum absolute atomic E-state index is 0.102. The molecular weight excluding hydrogens is 116 g/mol. The highest BCUT2D eigenvalue weighted by atomic mass is 16.3. The van der Waals surface area contributed by atoms with Crippen molar-refractivity contribution in [1.29, 1.82) is 0 Å². The zero-order chi connectivity index (χ0) is 7.70. The van der Waals surface area contributed by atoms with Crippen molar-refractivity contribution in [2.45, 2.75) is 39.7 Å². The molecule has 0 heterocycles. The van der Waals surface area contributed by atoms with Crippen LogP contribution >= 0.6 is 0 Å². The number of hydrogen-bond acceptors (Lipinski definition) is 2. The van der Waals surface area contributed by atoms with Crippen molar-refractivity contribution in [2.24, 2.45) is 0 Å². The lowest BCUT2D eigenvalue weighted by atomic mass is 10.2. The largest absolute Gasteiger partial charge is 0.397 e. The van der Waals surface area contributed by atoms with E-state index in [0.29, 0.717) is 0 Å². The fraction of sp³-hybridized carbons (Fsp3) is 1.00. The Morgan fingerprint density at radius 1 is 1.33 bits per heavy atom. The molecule has 1 unspecified atom stereocenters. The Bertz CT molecular complexity index is 35.9. The van der Waals surface area contributed by atoms with E-state index in [-0.39, 0.29) is 12.7 Å². The molecule has 0 saturated heterocycles. The predicted molar refractivity (Wildman–Crippen MR) is 39.3 cm³/mol. The molecule has 0 aromatic rings. The van der Waals surface area contributed by atoms with Gasteiger partial charge in [0.2, 0.25) is 0 Å². The highest BCUT2D eigenvalue weighted by Crippen LogP contribution is 1.91. The van der Waals surface area contributed by atoms with Crippen LogP contribution < -0.4 is 0 Å². The molecule has 0 aromatic carbocycles. The molecule has 2 heteroatoms. The van der Waals surface area contributed by atoms with E-state index in [9.17, 15) is 0 Å². The molecule has 0 aliphatic rings. The molecule has 9 heavy (non-hydrogen) atoms. The second-order valence-electron chi connectivity index (χ2n) is 1.95. The zero-order valence-corrected chi connectivity index (χ0v) is 6.59. The molecule has 0 amide bonds. The fourth-order valence-electron chi connectivity index (χ4n) is 0.418. The van der Waals surface area contributed by atoms with Gasteiger partial charge in [-0.2, -0.15) is 0 Å². The van der Waals surface area contributed by atoms with Crippen LogP contribution in [0.4, 0.5) is 0 Å². The lowest BCUT2D eigenvalue weighted by Crippen LogP contribution is -1.95. The van der Waals surface area contributed by atoms with Gasteiger partial charge >= 0.3 is 0 Å². The molecule has 0 saturated carbocycles. The zero-order valence-electron chi connectivity index (χ0n) is 6.59. The van der Waals surface area contributed by atoms with Crippen molar-refractivity contribution < 1.29 is 10.2 Å². The summed E-state index contributed by atoms with van der Waals surface area (Å²) in [5.74, 6) is 0. The first kappa shape index (κ1) is 11.7. The van der Waals surface area contributed by atoms with Crippen LogP contribution in [0.5, 0.6) is 0 Å². The Hall–Kier alpha value is -0.0800. The molecule has 58 valence electrons. The molecular formula is C7H18O2. The van der Waals surface area contributed by atoms with E-state index in [2.05, 4.69) is 6.92 Å². The maximum atomic E-state index is 8.55. The van der Waals surface area contributed by atoms with Gasteiger partial charge in [-0.1, -0.05) is 13.3 Å². The second-order valence-corrected chi connectivity index (χ2v) is 1.95. The molecule has 0 radical (unpaired) electrons. The first-order valence-corrected chi connectivity index (χ1v) is 3.47. The van der Waals surface area contributed by atoms with Gasteiger partial charge in [0, 0.05) is 6.61 Å². The summed E-state index contributed by atoms with van der Waals surface area (Å²) in [6.45, 7) is 5.80. The van der Waals surface area contributed by atoms with E-state index in [1.807, 2.05) is 6.92 Å². The van der Waals surface area contributed by atoms with Gasteiger partial charge in [0.15, 0.2) is 0 Å². The maximum Gasteiger partial charge on any atom is 0.0512 e. The maximum absolute atomic E-state index is 8.55. The first-order chi connectivity index (χ1) is 4.18. The summed E-state index contributed by atoms with van der Waals surface area (Å²) in [6, 6.07) is 0. The van der Waals surface area contributed by atoms with Crippen LogP contribution in [0.15, 0.2) is 0 Å². The quantitative estimate of drug-likeness (QED) is 0.595. The van der Waals surface area contributed by atoms with E-state index in [1.165, 1.54) is 0 Å². The third-order valence-electron chi connectivity index (χ3n) is 0.706. The summed E-state index contributed by atoms with van der Waals surface area (Å²) >= 11 is 0. The first-order valence-electron chi connectivity index (χ1n) is 3.47. The van der Waals surface area contributed by atoms with Crippen LogP contribution in [0.2, 0.25) is 0 Å². The van der Waals surface area contributed by atoms with Gasteiger partial charge < -0.3 is 10.2 Å². The molecule has 2 nitrogen and oxygen atoms in total. The number of hydrogen-bond donors (Lipinski definition) is 2. The number of aliphatic hydroxyl groups excluding tert-OH is 2. The van der Waals surface area contributed by atoms with Gasteiger partial charge in [-0.05, 0) is 20.3 Å². The fourth-order valence-corrected chi connectivity index (χ4v) is 0.418. The summed E-state index contributed by atoms with van der Waals surface area (Å²) in [5.41, 5.74) is 0. The van der Waals surface area contributed by atoms with E-state index in [4.69, 9.17) is 10.2 Å². The average molecular weight is 134 g/mol. The van der Waals surface area contributed by atoms with Crippen molar-refractivity contribution in [2.75, 3.05) is 6.61 Å². The summed E-state index contributed by atoms with van der Waals surface area (Å²) in [4.78, 5) is 0. The third kappa shape index (κ3) is 32.6. The van der Waals surface area contributed by atoms with Crippen molar-refractivity contribution >= 4 is 0 Å². The molecule has 0 aromatic heterocycles. The molecule has 0 aliphatic carbocycles. The lowest BCUT2D eigenvalue weighted by molar-refractivity contribution is 0.183. The summed E-state index contributed by atoms with van der Waals surface area (Å²) in [5, 5.41) is 16.1. The molecule has 0 spiro atoms. The summed E-state index contributed by atoms with van der Waals surface area (Å²) < 4.78 is 0. The van der Waals surface area contributed by atoms with Gasteiger partial charge in [-0.3, -0.25) is 0 Å². The lowest BCUT2D eigenvalue weighted by Gasteiger charge is -1.95. The summed E-state index contributed by atoms with van der Waals surface area (Å²) in [7, 11) is 0. The van der Waals surface area contributed by atoms with Crippen LogP contribution in [-0.2, 0) is 0 Å². The van der Waals surface area contributed by atoms with E-state index in [1.54, 1.807) is 6.92 Å². The molecule has 0 rings (SSSR count). The Kier molecular flexibility index (Phi) is 14.0. The molecule has 2 N–H and O–H groups in total. The van der Waals surface area contributed by atoms with Crippen LogP contribution in [0.3, 0.4) is 0 Å². The smallest absolute Gasteiger partial charge is 0.0512 e. The van der Waals surface area contributed by atoms with Crippen molar-refractivity contribution in [3.63, 3.8) is 0 Å². The Morgan fingerprint density at radius 3 is 1.67 bits per heavy atom. The van der Waals surface area contributed by atoms with Crippen LogP contribution in [-0.4, -0.2) is 22.9 Å². The summed E-state index contributed by atoms with van der Waals surface area (Å²) in [6.07, 6.45) is 1.91. The highest BCUT2D eigenvalue weighted by molar-refractivity contribution is 4.40. The monoisotopic (exact) mass is 134 g/mol. The van der Waals surface area contributed by atoms with Gasteiger partial charge in [-0.15, -0.1) is 0 Å². The molecule has 0 fully saturated rings.